The summed E-state index contributed by atoms with van der Waals surface area (Å²) in [7, 11) is 0.180. The van der Waals surface area contributed by atoms with Gasteiger partial charge in [0.15, 0.2) is 0 Å². The van der Waals surface area contributed by atoms with Gasteiger partial charge >= 0.3 is 0 Å². The van der Waals surface area contributed by atoms with Crippen molar-refractivity contribution in [1.82, 2.24) is 10.2 Å². The number of methoxy groups -OCH3 is 3. The van der Waals surface area contributed by atoms with E-state index >= 15 is 0 Å². The number of rotatable bonds is 14. The van der Waals surface area contributed by atoms with Crippen molar-refractivity contribution in [2.45, 2.75) is 75.9 Å². The molecule has 1 saturated carbocycles. The Morgan fingerprint density at radius 3 is 2.20 bits per heavy atom. The third kappa shape index (κ3) is 8.31. The highest BCUT2D eigenvalue weighted by molar-refractivity contribution is 7.92. The van der Waals surface area contributed by atoms with E-state index in [1.807, 2.05) is 26.0 Å². The molecule has 0 aromatic heterocycles. The van der Waals surface area contributed by atoms with Crippen LogP contribution in [-0.2, 0) is 26.2 Å². The summed E-state index contributed by atoms with van der Waals surface area (Å²) >= 11 is 0. The third-order valence-corrected chi connectivity index (χ3v) is 10.1. The van der Waals surface area contributed by atoms with E-state index in [1.165, 1.54) is 37.3 Å². The number of nitrogens with zero attached hydrogens (tertiary/aromatic N) is 2. The Bertz CT molecular complexity index is 1590. The van der Waals surface area contributed by atoms with Crippen LogP contribution in [0.15, 0.2) is 71.6 Å². The van der Waals surface area contributed by atoms with Gasteiger partial charge in [0.25, 0.3) is 10.0 Å². The van der Waals surface area contributed by atoms with E-state index in [2.05, 4.69) is 5.32 Å². The molecule has 0 bridgehead atoms. The summed E-state index contributed by atoms with van der Waals surface area (Å²) in [6.07, 6.45) is 5.35. The van der Waals surface area contributed by atoms with Crippen molar-refractivity contribution in [3.05, 3.63) is 77.9 Å². The first-order chi connectivity index (χ1) is 22.1. The zero-order valence-corrected chi connectivity index (χ0v) is 28.1. The quantitative estimate of drug-likeness (QED) is 0.246. The fraction of sp³-hybridized carbons (Fsp3) is 0.429. The number of aryl methyl sites for hydroxylation is 1. The van der Waals surface area contributed by atoms with E-state index in [-0.39, 0.29) is 34.8 Å². The van der Waals surface area contributed by atoms with Gasteiger partial charge in [-0.2, -0.15) is 0 Å². The van der Waals surface area contributed by atoms with Crippen LogP contribution in [0.5, 0.6) is 17.2 Å². The molecule has 3 aromatic carbocycles. The molecule has 1 atom stereocenters. The second-order valence-electron chi connectivity index (χ2n) is 11.5. The second-order valence-corrected chi connectivity index (χ2v) is 13.4. The average Bonchev–Trinajstić information content (AvgIpc) is 3.07. The molecular formula is C35H45N3O7S. The lowest BCUT2D eigenvalue weighted by molar-refractivity contribution is -0.140. The van der Waals surface area contributed by atoms with Gasteiger partial charge in [-0.25, -0.2) is 8.42 Å². The van der Waals surface area contributed by atoms with Crippen LogP contribution in [-0.4, -0.2) is 65.1 Å². The molecule has 1 aliphatic carbocycles. The number of anilines is 1. The molecular weight excluding hydrogens is 606 g/mol. The SMILES string of the molecule is CCC(C(=O)NC1CCCCC1)N(Cc1cccc(OC)c1)C(=O)CN(c1cc(OC)ccc1OC)S(=O)(=O)c1ccc(C)cc1. The third-order valence-electron chi connectivity index (χ3n) is 8.37. The van der Waals surface area contributed by atoms with Crippen molar-refractivity contribution in [3.63, 3.8) is 0 Å². The smallest absolute Gasteiger partial charge is 0.264 e. The number of hydrogen-bond donors (Lipinski definition) is 1. The Balaban J connectivity index is 1.78. The van der Waals surface area contributed by atoms with Gasteiger partial charge in [0, 0.05) is 18.7 Å². The van der Waals surface area contributed by atoms with Crippen molar-refractivity contribution in [3.8, 4) is 17.2 Å². The molecule has 0 spiro atoms. The molecule has 248 valence electrons. The molecule has 1 unspecified atom stereocenters. The van der Waals surface area contributed by atoms with Crippen LogP contribution in [0.2, 0.25) is 0 Å². The van der Waals surface area contributed by atoms with Gasteiger partial charge in [-0.3, -0.25) is 13.9 Å². The second kappa shape index (κ2) is 15.8. The molecule has 10 nitrogen and oxygen atoms in total. The molecule has 11 heteroatoms. The molecule has 0 saturated heterocycles. The molecule has 4 rings (SSSR count). The monoisotopic (exact) mass is 651 g/mol. The fourth-order valence-electron chi connectivity index (χ4n) is 5.77. The van der Waals surface area contributed by atoms with Gasteiger partial charge < -0.3 is 24.4 Å². The Morgan fingerprint density at radius 1 is 0.891 bits per heavy atom. The van der Waals surface area contributed by atoms with Gasteiger partial charge in [-0.05, 0) is 68.1 Å². The summed E-state index contributed by atoms with van der Waals surface area (Å²) in [5.41, 5.74) is 1.76. The van der Waals surface area contributed by atoms with Crippen LogP contribution < -0.4 is 23.8 Å². The normalized spacial score (nSPS) is 14.2. The zero-order chi connectivity index (χ0) is 33.3. The summed E-state index contributed by atoms with van der Waals surface area (Å²) in [5.74, 6) is 0.436. The van der Waals surface area contributed by atoms with Gasteiger partial charge in [-0.15, -0.1) is 0 Å². The summed E-state index contributed by atoms with van der Waals surface area (Å²) in [5, 5.41) is 3.17. The Labute approximate surface area is 272 Å². The van der Waals surface area contributed by atoms with Crippen molar-refractivity contribution in [2.24, 2.45) is 0 Å². The average molecular weight is 652 g/mol. The summed E-state index contributed by atoms with van der Waals surface area (Å²) in [6, 6.07) is 17.7. The molecule has 1 aliphatic rings. The number of carbonyl (C=O) groups excluding carboxylic acids is 2. The maximum absolute atomic E-state index is 14.5. The minimum atomic E-state index is -4.29. The standard InChI is InChI=1S/C35H45N3O7S/c1-6-31(35(40)36-27-12-8-7-9-13-27)37(23-26-11-10-14-28(21-26)43-3)34(39)24-38(32-22-29(44-4)17-20-33(32)45-5)46(41,42)30-18-15-25(2)16-19-30/h10-11,14-22,27,31H,6-9,12-13,23-24H2,1-5H3,(H,36,40). The molecule has 3 aromatic rings. The lowest BCUT2D eigenvalue weighted by atomic mass is 9.95. The van der Waals surface area contributed by atoms with Crippen molar-refractivity contribution in [1.29, 1.82) is 0 Å². The van der Waals surface area contributed by atoms with Crippen LogP contribution >= 0.6 is 0 Å². The predicted octanol–water partition coefficient (Wildman–Crippen LogP) is 5.47. The number of hydrogen-bond acceptors (Lipinski definition) is 7. The highest BCUT2D eigenvalue weighted by atomic mass is 32.2. The Hall–Kier alpha value is -4.25. The number of benzene rings is 3. The van der Waals surface area contributed by atoms with Gasteiger partial charge in [0.1, 0.15) is 29.8 Å². The maximum Gasteiger partial charge on any atom is 0.264 e. The van der Waals surface area contributed by atoms with Crippen LogP contribution in [0, 0.1) is 6.92 Å². The van der Waals surface area contributed by atoms with Crippen molar-refractivity contribution < 1.29 is 32.2 Å². The van der Waals surface area contributed by atoms with Crippen LogP contribution in [0.4, 0.5) is 5.69 Å². The summed E-state index contributed by atoms with van der Waals surface area (Å²) < 4.78 is 46.0. The molecule has 46 heavy (non-hydrogen) atoms. The molecule has 0 aliphatic heterocycles. The van der Waals surface area contributed by atoms with Crippen molar-refractivity contribution in [2.75, 3.05) is 32.2 Å². The summed E-state index contributed by atoms with van der Waals surface area (Å²) in [4.78, 5) is 29.8. The topological polar surface area (TPSA) is 114 Å². The first-order valence-corrected chi connectivity index (χ1v) is 17.1. The number of amides is 2. The number of nitrogens with one attached hydrogen (secondary N) is 1. The predicted molar refractivity (Wildman–Crippen MR) is 178 cm³/mol. The summed E-state index contributed by atoms with van der Waals surface area (Å²) in [6.45, 7) is 3.20. The minimum Gasteiger partial charge on any atom is -0.497 e. The lowest BCUT2D eigenvalue weighted by Crippen LogP contribution is -2.54. The van der Waals surface area contributed by atoms with E-state index in [9.17, 15) is 18.0 Å². The highest BCUT2D eigenvalue weighted by Gasteiger charge is 2.35. The first-order valence-electron chi connectivity index (χ1n) is 15.7. The molecule has 1 N–H and O–H groups in total. The number of sulfonamides is 1. The molecule has 2 amide bonds. The minimum absolute atomic E-state index is 0.0113. The zero-order valence-electron chi connectivity index (χ0n) is 27.3. The maximum atomic E-state index is 14.5. The Kier molecular flexibility index (Phi) is 11.9. The van der Waals surface area contributed by atoms with Gasteiger partial charge in [-0.1, -0.05) is 56.0 Å². The van der Waals surface area contributed by atoms with Crippen LogP contribution in [0.3, 0.4) is 0 Å². The molecule has 1 fully saturated rings. The number of ether oxygens (including phenoxy) is 3. The van der Waals surface area contributed by atoms with E-state index in [0.717, 1.165) is 47.5 Å². The molecule has 0 heterocycles. The fourth-order valence-corrected chi connectivity index (χ4v) is 7.19. The van der Waals surface area contributed by atoms with E-state index in [1.54, 1.807) is 43.5 Å². The van der Waals surface area contributed by atoms with E-state index in [4.69, 9.17) is 14.2 Å². The van der Waals surface area contributed by atoms with Crippen LogP contribution in [0.1, 0.15) is 56.6 Å². The van der Waals surface area contributed by atoms with Gasteiger partial charge in [0.05, 0.1) is 31.9 Å². The Morgan fingerprint density at radius 2 is 1.57 bits per heavy atom. The van der Waals surface area contributed by atoms with Crippen LogP contribution in [0.25, 0.3) is 0 Å². The first kappa shape index (κ1) is 34.6. The van der Waals surface area contributed by atoms with E-state index in [0.29, 0.717) is 17.9 Å². The molecule has 0 radical (unpaired) electrons. The lowest BCUT2D eigenvalue weighted by Gasteiger charge is -2.34. The van der Waals surface area contributed by atoms with E-state index < -0.39 is 28.5 Å². The van der Waals surface area contributed by atoms with Gasteiger partial charge in [0.2, 0.25) is 11.8 Å². The number of carbonyl (C=O) groups is 2. The highest BCUT2D eigenvalue weighted by Crippen LogP contribution is 2.36. The van der Waals surface area contributed by atoms with Crippen molar-refractivity contribution >= 4 is 27.5 Å². The largest absolute Gasteiger partial charge is 0.497 e.